The number of hydrogen-bond donors (Lipinski definition) is 0. The molecule has 20 heavy (non-hydrogen) atoms. The standard InChI is InChI=1S/C18H34O2/c19-17-15-13-11-9-7-5-3-1-2-4-6-8-10-12-14-16-18-20/h17-18H,1-16H2. The molecule has 0 spiro atoms. The largest absolute Gasteiger partial charge is 0.303 e. The van der Waals surface area contributed by atoms with Crippen LogP contribution in [0.4, 0.5) is 0 Å². The first kappa shape index (κ1) is 19.3. The lowest BCUT2D eigenvalue weighted by molar-refractivity contribution is -0.108. The quantitative estimate of drug-likeness (QED) is 0.256. The number of hydrogen-bond acceptors (Lipinski definition) is 2. The molecule has 0 heterocycles. The summed E-state index contributed by atoms with van der Waals surface area (Å²) in [5, 5.41) is 0. The Morgan fingerprint density at radius 2 is 0.550 bits per heavy atom. The van der Waals surface area contributed by atoms with Crippen LogP contribution in [0.5, 0.6) is 0 Å². The molecule has 0 N–H and O–H groups in total. The van der Waals surface area contributed by atoms with Gasteiger partial charge in [-0.15, -0.1) is 0 Å². The molecule has 2 heteroatoms. The van der Waals surface area contributed by atoms with Crippen molar-refractivity contribution in [3.05, 3.63) is 0 Å². The summed E-state index contributed by atoms with van der Waals surface area (Å²) in [6.45, 7) is 0. The van der Waals surface area contributed by atoms with Crippen LogP contribution in [0.3, 0.4) is 0 Å². The predicted octanol–water partition coefficient (Wildman–Crippen LogP) is 5.63. The van der Waals surface area contributed by atoms with E-state index < -0.39 is 0 Å². The molecule has 118 valence electrons. The van der Waals surface area contributed by atoms with Crippen molar-refractivity contribution in [1.82, 2.24) is 0 Å². The fourth-order valence-electron chi connectivity index (χ4n) is 2.58. The Balaban J connectivity index is 2.92. The van der Waals surface area contributed by atoms with E-state index in [1.54, 1.807) is 0 Å². The van der Waals surface area contributed by atoms with E-state index in [2.05, 4.69) is 0 Å². The van der Waals surface area contributed by atoms with E-state index in [1.165, 1.54) is 77.0 Å². The highest BCUT2D eigenvalue weighted by molar-refractivity contribution is 5.49. The topological polar surface area (TPSA) is 34.1 Å². The van der Waals surface area contributed by atoms with Crippen molar-refractivity contribution in [2.24, 2.45) is 0 Å². The van der Waals surface area contributed by atoms with Gasteiger partial charge in [0.25, 0.3) is 0 Å². The average Bonchev–Trinajstić information content (AvgIpc) is 2.47. The molecule has 2 nitrogen and oxygen atoms in total. The molecule has 0 aliphatic rings. The molecule has 0 rings (SSSR count). The molecule has 0 saturated heterocycles. The van der Waals surface area contributed by atoms with E-state index in [-0.39, 0.29) is 0 Å². The van der Waals surface area contributed by atoms with Crippen LogP contribution in [0.25, 0.3) is 0 Å². The van der Waals surface area contributed by atoms with Gasteiger partial charge >= 0.3 is 0 Å². The van der Waals surface area contributed by atoms with Gasteiger partial charge in [-0.05, 0) is 12.8 Å². The average molecular weight is 282 g/mol. The molecule has 0 aromatic carbocycles. The highest BCUT2D eigenvalue weighted by Gasteiger charge is 1.94. The summed E-state index contributed by atoms with van der Waals surface area (Å²) in [5.41, 5.74) is 0. The maximum Gasteiger partial charge on any atom is 0.119 e. The van der Waals surface area contributed by atoms with Gasteiger partial charge in [-0.1, -0.05) is 77.0 Å². The summed E-state index contributed by atoms with van der Waals surface area (Å²) < 4.78 is 0. The molecule has 0 bridgehead atoms. The summed E-state index contributed by atoms with van der Waals surface area (Å²) in [4.78, 5) is 20.3. The van der Waals surface area contributed by atoms with Crippen molar-refractivity contribution in [3.63, 3.8) is 0 Å². The van der Waals surface area contributed by atoms with E-state index in [4.69, 9.17) is 0 Å². The molecule has 0 amide bonds. The Morgan fingerprint density at radius 3 is 0.750 bits per heavy atom. The normalized spacial score (nSPS) is 10.6. The lowest BCUT2D eigenvalue weighted by atomic mass is 10.0. The first-order valence-corrected chi connectivity index (χ1v) is 8.79. The summed E-state index contributed by atoms with van der Waals surface area (Å²) in [6, 6.07) is 0. The van der Waals surface area contributed by atoms with Crippen LogP contribution in [0.15, 0.2) is 0 Å². The molecule has 0 aromatic heterocycles. The number of unbranched alkanes of at least 4 members (excludes halogenated alkanes) is 15. The molecule has 0 aliphatic carbocycles. The zero-order chi connectivity index (χ0) is 14.7. The Hall–Kier alpha value is -0.660. The van der Waals surface area contributed by atoms with Gasteiger partial charge in [0.15, 0.2) is 0 Å². The van der Waals surface area contributed by atoms with Crippen molar-refractivity contribution in [2.45, 2.75) is 103 Å². The second-order valence-electron chi connectivity index (χ2n) is 5.86. The smallest absolute Gasteiger partial charge is 0.119 e. The molecular formula is C18H34O2. The summed E-state index contributed by atoms with van der Waals surface area (Å²) in [5.74, 6) is 0. The maximum absolute atomic E-state index is 10.1. The molecule has 0 unspecified atom stereocenters. The molecule has 0 fully saturated rings. The lowest BCUT2D eigenvalue weighted by Gasteiger charge is -2.02. The van der Waals surface area contributed by atoms with Gasteiger partial charge in [-0.25, -0.2) is 0 Å². The van der Waals surface area contributed by atoms with Gasteiger partial charge in [0.1, 0.15) is 12.6 Å². The van der Waals surface area contributed by atoms with Crippen LogP contribution < -0.4 is 0 Å². The molecule has 0 atom stereocenters. The molecule has 0 radical (unpaired) electrons. The van der Waals surface area contributed by atoms with Crippen LogP contribution in [-0.4, -0.2) is 12.6 Å². The Labute approximate surface area is 125 Å². The fraction of sp³-hybridized carbons (Fsp3) is 0.889. The minimum Gasteiger partial charge on any atom is -0.303 e. The third-order valence-corrected chi connectivity index (χ3v) is 3.89. The molecule has 0 aliphatic heterocycles. The first-order chi connectivity index (χ1) is 9.91. The third kappa shape index (κ3) is 17.3. The summed E-state index contributed by atoms with van der Waals surface area (Å²) >= 11 is 0. The minimum absolute atomic E-state index is 0.745. The van der Waals surface area contributed by atoms with E-state index in [9.17, 15) is 9.59 Å². The second-order valence-corrected chi connectivity index (χ2v) is 5.86. The Kier molecular flexibility index (Phi) is 17.7. The number of carbonyl (C=O) groups is 2. The SMILES string of the molecule is O=CCCCCCCCCCCCCCCCCC=O. The highest BCUT2D eigenvalue weighted by Crippen LogP contribution is 2.13. The molecule has 0 saturated carbocycles. The van der Waals surface area contributed by atoms with Crippen LogP contribution >= 0.6 is 0 Å². The Bertz CT molecular complexity index is 180. The highest BCUT2D eigenvalue weighted by atomic mass is 16.1. The van der Waals surface area contributed by atoms with E-state index >= 15 is 0 Å². The number of rotatable bonds is 17. The van der Waals surface area contributed by atoms with Crippen molar-refractivity contribution >= 4 is 12.6 Å². The molecule has 0 aromatic rings. The first-order valence-electron chi connectivity index (χ1n) is 8.79. The van der Waals surface area contributed by atoms with Crippen molar-refractivity contribution in [2.75, 3.05) is 0 Å². The Morgan fingerprint density at radius 1 is 0.350 bits per heavy atom. The zero-order valence-corrected chi connectivity index (χ0v) is 13.3. The van der Waals surface area contributed by atoms with E-state index in [1.807, 2.05) is 0 Å². The lowest BCUT2D eigenvalue weighted by Crippen LogP contribution is -1.84. The molecular weight excluding hydrogens is 248 g/mol. The van der Waals surface area contributed by atoms with Gasteiger partial charge in [0, 0.05) is 12.8 Å². The number of carbonyl (C=O) groups excluding carboxylic acids is 2. The predicted molar refractivity (Wildman–Crippen MR) is 86.0 cm³/mol. The summed E-state index contributed by atoms with van der Waals surface area (Å²) in [7, 11) is 0. The van der Waals surface area contributed by atoms with Gasteiger partial charge < -0.3 is 9.59 Å². The van der Waals surface area contributed by atoms with Crippen LogP contribution in [0.1, 0.15) is 103 Å². The number of aldehydes is 2. The van der Waals surface area contributed by atoms with Gasteiger partial charge in [-0.3, -0.25) is 0 Å². The monoisotopic (exact) mass is 282 g/mol. The van der Waals surface area contributed by atoms with Crippen molar-refractivity contribution in [3.8, 4) is 0 Å². The minimum atomic E-state index is 0.745. The van der Waals surface area contributed by atoms with Crippen molar-refractivity contribution in [1.29, 1.82) is 0 Å². The van der Waals surface area contributed by atoms with Crippen LogP contribution in [-0.2, 0) is 9.59 Å². The van der Waals surface area contributed by atoms with Crippen LogP contribution in [0.2, 0.25) is 0 Å². The van der Waals surface area contributed by atoms with E-state index in [0.29, 0.717) is 0 Å². The van der Waals surface area contributed by atoms with Crippen LogP contribution in [0, 0.1) is 0 Å². The maximum atomic E-state index is 10.1. The van der Waals surface area contributed by atoms with Gasteiger partial charge in [-0.2, -0.15) is 0 Å². The van der Waals surface area contributed by atoms with E-state index in [0.717, 1.165) is 38.3 Å². The third-order valence-electron chi connectivity index (χ3n) is 3.89. The summed E-state index contributed by atoms with van der Waals surface area (Å²) in [6.07, 6.45) is 21.7. The fourth-order valence-corrected chi connectivity index (χ4v) is 2.58. The van der Waals surface area contributed by atoms with Gasteiger partial charge in [0.05, 0.1) is 0 Å². The van der Waals surface area contributed by atoms with Crippen molar-refractivity contribution < 1.29 is 9.59 Å². The zero-order valence-electron chi connectivity index (χ0n) is 13.3. The van der Waals surface area contributed by atoms with Gasteiger partial charge in [0.2, 0.25) is 0 Å². The second kappa shape index (κ2) is 18.3.